The minimum absolute atomic E-state index is 0.0377. The van der Waals surface area contributed by atoms with Crippen LogP contribution in [-0.2, 0) is 4.79 Å². The zero-order chi connectivity index (χ0) is 22.8. The van der Waals surface area contributed by atoms with Crippen LogP contribution in [0, 0.1) is 17.2 Å². The second-order valence-corrected chi connectivity index (χ2v) is 9.23. The minimum atomic E-state index is -0.873. The lowest BCUT2D eigenvalue weighted by atomic mass is 9.97. The second-order valence-electron chi connectivity index (χ2n) is 7.61. The molecule has 0 aromatic carbocycles. The maximum atomic E-state index is 13.1. The summed E-state index contributed by atoms with van der Waals surface area (Å²) >= 11 is 7.18. The highest BCUT2D eigenvalue weighted by molar-refractivity contribution is 7.18. The third-order valence-corrected chi connectivity index (χ3v) is 6.50. The summed E-state index contributed by atoms with van der Waals surface area (Å²) in [6.45, 7) is 6.55. The highest BCUT2D eigenvalue weighted by Gasteiger charge is 2.30. The molecule has 32 heavy (non-hydrogen) atoms. The molecule has 1 saturated heterocycles. The number of H-pyrrole nitrogens is 1. The van der Waals surface area contributed by atoms with Crippen LogP contribution in [0.5, 0.6) is 0 Å². The number of amides is 2. The maximum absolute atomic E-state index is 13.1. The van der Waals surface area contributed by atoms with Crippen molar-refractivity contribution in [2.75, 3.05) is 13.1 Å². The molecule has 3 aromatic rings. The molecule has 1 atom stereocenters. The molecule has 0 unspecified atom stereocenters. The van der Waals surface area contributed by atoms with Gasteiger partial charge in [0, 0.05) is 31.4 Å². The number of carbonyl (C=O) groups excluding carboxylic acids is 2. The van der Waals surface area contributed by atoms with Crippen LogP contribution in [0.25, 0.3) is 21.7 Å². The summed E-state index contributed by atoms with van der Waals surface area (Å²) in [4.78, 5) is 44.4. The van der Waals surface area contributed by atoms with E-state index in [0.29, 0.717) is 52.8 Å². The Morgan fingerprint density at radius 1 is 1.38 bits per heavy atom. The SMILES string of the molecule is C=C(C)[C@@H](NC(=O)c1c[nH]c2ncc(-c3cnc(Cl)s3)nc12)C(=O)N1CCC(C#N)CC1. The molecule has 0 spiro atoms. The van der Waals surface area contributed by atoms with Crippen molar-refractivity contribution in [3.8, 4) is 16.6 Å². The van der Waals surface area contributed by atoms with Crippen molar-refractivity contribution in [2.45, 2.75) is 25.8 Å². The zero-order valence-electron chi connectivity index (χ0n) is 17.3. The van der Waals surface area contributed by atoms with Crippen LogP contribution in [-0.4, -0.2) is 55.8 Å². The molecule has 0 radical (unpaired) electrons. The molecule has 164 valence electrons. The van der Waals surface area contributed by atoms with Crippen LogP contribution in [0.15, 0.2) is 30.7 Å². The van der Waals surface area contributed by atoms with Crippen molar-refractivity contribution in [1.29, 1.82) is 5.26 Å². The monoisotopic (exact) mass is 469 g/mol. The number of halogens is 1. The van der Waals surface area contributed by atoms with Crippen LogP contribution in [0.2, 0.25) is 4.47 Å². The van der Waals surface area contributed by atoms with Crippen LogP contribution in [0.1, 0.15) is 30.1 Å². The number of piperidine rings is 1. The van der Waals surface area contributed by atoms with Gasteiger partial charge in [0.25, 0.3) is 5.91 Å². The first-order valence-electron chi connectivity index (χ1n) is 9.98. The summed E-state index contributed by atoms with van der Waals surface area (Å²) in [6.07, 6.45) is 5.95. The van der Waals surface area contributed by atoms with Crippen molar-refractivity contribution < 1.29 is 9.59 Å². The summed E-state index contributed by atoms with van der Waals surface area (Å²) in [6, 6.07) is 1.38. The number of thiazole rings is 1. The predicted octanol–water partition coefficient (Wildman–Crippen LogP) is 3.17. The van der Waals surface area contributed by atoms with Gasteiger partial charge in [-0.05, 0) is 25.3 Å². The van der Waals surface area contributed by atoms with Gasteiger partial charge < -0.3 is 15.2 Å². The fourth-order valence-electron chi connectivity index (χ4n) is 3.57. The van der Waals surface area contributed by atoms with Crippen LogP contribution >= 0.6 is 22.9 Å². The van der Waals surface area contributed by atoms with Crippen LogP contribution < -0.4 is 5.32 Å². The summed E-state index contributed by atoms with van der Waals surface area (Å²) in [7, 11) is 0. The first kappa shape index (κ1) is 21.9. The first-order valence-corrected chi connectivity index (χ1v) is 11.2. The predicted molar refractivity (Wildman–Crippen MR) is 121 cm³/mol. The lowest BCUT2D eigenvalue weighted by Crippen LogP contribution is -2.51. The van der Waals surface area contributed by atoms with E-state index in [0.717, 1.165) is 4.88 Å². The average Bonchev–Trinajstić information content (AvgIpc) is 3.42. The van der Waals surface area contributed by atoms with Gasteiger partial charge >= 0.3 is 0 Å². The van der Waals surface area contributed by atoms with Crippen molar-refractivity contribution >= 4 is 45.9 Å². The van der Waals surface area contributed by atoms with Crippen molar-refractivity contribution in [3.63, 3.8) is 0 Å². The molecule has 1 aliphatic rings. The number of nitrogens with zero attached hydrogens (tertiary/aromatic N) is 5. The van der Waals surface area contributed by atoms with E-state index in [4.69, 9.17) is 16.9 Å². The smallest absolute Gasteiger partial charge is 0.256 e. The van der Waals surface area contributed by atoms with E-state index in [-0.39, 0.29) is 17.4 Å². The molecule has 2 amide bonds. The van der Waals surface area contributed by atoms with E-state index in [1.54, 1.807) is 24.2 Å². The topological polar surface area (TPSA) is 128 Å². The Labute approximate surface area is 193 Å². The number of aromatic nitrogens is 4. The summed E-state index contributed by atoms with van der Waals surface area (Å²) in [5.74, 6) is -0.726. The molecule has 0 saturated carbocycles. The number of likely N-dealkylation sites (tertiary alicyclic amines) is 1. The van der Waals surface area contributed by atoms with Gasteiger partial charge in [-0.1, -0.05) is 18.2 Å². The zero-order valence-corrected chi connectivity index (χ0v) is 18.8. The number of hydrogen-bond acceptors (Lipinski definition) is 7. The number of nitriles is 1. The Balaban J connectivity index is 1.55. The van der Waals surface area contributed by atoms with Gasteiger partial charge in [-0.2, -0.15) is 5.26 Å². The molecule has 0 bridgehead atoms. The van der Waals surface area contributed by atoms with E-state index in [1.165, 1.54) is 17.5 Å². The van der Waals surface area contributed by atoms with Gasteiger partial charge in [0.2, 0.25) is 5.91 Å². The minimum Gasteiger partial charge on any atom is -0.344 e. The molecular formula is C21H20ClN7O2S. The second kappa shape index (κ2) is 9.06. The van der Waals surface area contributed by atoms with Gasteiger partial charge in [-0.3, -0.25) is 9.59 Å². The Kier molecular flexibility index (Phi) is 6.21. The molecule has 1 fully saturated rings. The molecule has 4 heterocycles. The van der Waals surface area contributed by atoms with E-state index in [1.807, 2.05) is 0 Å². The Hall–Kier alpha value is -3.29. The molecule has 3 aromatic heterocycles. The summed E-state index contributed by atoms with van der Waals surface area (Å²) in [5, 5.41) is 11.9. The normalized spacial score (nSPS) is 15.3. The largest absolute Gasteiger partial charge is 0.344 e. The molecule has 4 rings (SSSR count). The number of nitrogens with one attached hydrogen (secondary N) is 2. The molecule has 11 heteroatoms. The Bertz CT molecular complexity index is 1240. The number of carbonyl (C=O) groups is 2. The van der Waals surface area contributed by atoms with Crippen molar-refractivity contribution in [2.24, 2.45) is 5.92 Å². The third-order valence-electron chi connectivity index (χ3n) is 5.36. The summed E-state index contributed by atoms with van der Waals surface area (Å²) in [5.41, 5.74) is 2.17. The molecule has 9 nitrogen and oxygen atoms in total. The third kappa shape index (κ3) is 4.35. The lowest BCUT2D eigenvalue weighted by Gasteiger charge is -2.32. The number of fused-ring (bicyclic) bond motifs is 1. The Morgan fingerprint density at radius 2 is 2.12 bits per heavy atom. The van der Waals surface area contributed by atoms with Crippen LogP contribution in [0.3, 0.4) is 0 Å². The quantitative estimate of drug-likeness (QED) is 0.552. The lowest BCUT2D eigenvalue weighted by molar-refractivity contribution is -0.133. The molecule has 2 N–H and O–H groups in total. The number of rotatable bonds is 5. The van der Waals surface area contributed by atoms with Crippen molar-refractivity contribution in [3.05, 3.63) is 40.8 Å². The highest BCUT2D eigenvalue weighted by atomic mass is 35.5. The van der Waals surface area contributed by atoms with Gasteiger partial charge in [-0.15, -0.1) is 11.3 Å². The maximum Gasteiger partial charge on any atom is 0.256 e. The van der Waals surface area contributed by atoms with E-state index in [9.17, 15) is 9.59 Å². The molecule has 1 aliphatic heterocycles. The standard InChI is InChI=1S/C21H20ClN7O2S/c1-11(2)16(20(31)29-5-3-12(7-23)4-6-29)28-19(30)13-8-24-18-17(13)27-14(9-25-18)15-10-26-21(22)32-15/h8-10,12,16H,1,3-6H2,2H3,(H,24,25)(H,28,30)/t16-/m1/s1. The number of hydrogen-bond donors (Lipinski definition) is 2. The molecular weight excluding hydrogens is 450 g/mol. The average molecular weight is 470 g/mol. The number of aromatic amines is 1. The Morgan fingerprint density at radius 3 is 2.75 bits per heavy atom. The van der Waals surface area contributed by atoms with Gasteiger partial charge in [0.05, 0.1) is 22.7 Å². The van der Waals surface area contributed by atoms with Gasteiger partial charge in [0.1, 0.15) is 17.3 Å². The fourth-order valence-corrected chi connectivity index (χ4v) is 4.46. The fraction of sp³-hybridized carbons (Fsp3) is 0.333. The van der Waals surface area contributed by atoms with E-state index in [2.05, 4.69) is 37.9 Å². The highest BCUT2D eigenvalue weighted by Crippen LogP contribution is 2.28. The van der Waals surface area contributed by atoms with Crippen LogP contribution in [0.4, 0.5) is 0 Å². The van der Waals surface area contributed by atoms with Crippen molar-refractivity contribution in [1.82, 2.24) is 30.2 Å². The first-order chi connectivity index (χ1) is 15.4. The van der Waals surface area contributed by atoms with E-state index >= 15 is 0 Å². The molecule has 0 aliphatic carbocycles. The summed E-state index contributed by atoms with van der Waals surface area (Å²) < 4.78 is 0.385. The van der Waals surface area contributed by atoms with E-state index < -0.39 is 11.9 Å². The van der Waals surface area contributed by atoms with Gasteiger partial charge in [0.15, 0.2) is 10.1 Å². The van der Waals surface area contributed by atoms with Gasteiger partial charge in [-0.25, -0.2) is 15.0 Å².